The fourth-order valence-electron chi connectivity index (χ4n) is 1.67. The lowest BCUT2D eigenvalue weighted by Crippen LogP contribution is -2.14. The summed E-state index contributed by atoms with van der Waals surface area (Å²) >= 11 is 0. The van der Waals surface area contributed by atoms with Crippen LogP contribution in [0.1, 0.15) is 27.7 Å². The van der Waals surface area contributed by atoms with Gasteiger partial charge in [0, 0.05) is 6.92 Å². The summed E-state index contributed by atoms with van der Waals surface area (Å²) in [7, 11) is 0. The fourth-order valence-corrected chi connectivity index (χ4v) is 1.67. The molecule has 2 aromatic rings. The van der Waals surface area contributed by atoms with E-state index in [-0.39, 0.29) is 12.3 Å². The highest BCUT2D eigenvalue weighted by Crippen LogP contribution is 2.10. The molecule has 0 atom stereocenters. The first-order chi connectivity index (χ1) is 9.08. The van der Waals surface area contributed by atoms with Crippen molar-refractivity contribution < 1.29 is 13.9 Å². The van der Waals surface area contributed by atoms with Gasteiger partial charge in [0.05, 0.1) is 11.3 Å². The van der Waals surface area contributed by atoms with Crippen molar-refractivity contribution in [1.29, 1.82) is 5.41 Å². The van der Waals surface area contributed by atoms with E-state index >= 15 is 0 Å². The van der Waals surface area contributed by atoms with E-state index in [0.717, 1.165) is 0 Å². The van der Waals surface area contributed by atoms with Crippen LogP contribution in [0.3, 0.4) is 0 Å². The van der Waals surface area contributed by atoms with Crippen LogP contribution in [0.15, 0.2) is 34.7 Å². The fraction of sp³-hybridized carbons (Fsp3) is 0.214. The number of aryl methyl sites for hydroxylation is 2. The zero-order chi connectivity index (χ0) is 13.8. The van der Waals surface area contributed by atoms with Gasteiger partial charge in [0.2, 0.25) is 0 Å². The molecule has 19 heavy (non-hydrogen) atoms. The lowest BCUT2D eigenvalue weighted by molar-refractivity contribution is 0.0562. The number of nitrogens with zero attached hydrogens (tertiary/aromatic N) is 1. The lowest BCUT2D eigenvalue weighted by atomic mass is 10.2. The van der Waals surface area contributed by atoms with Gasteiger partial charge in [-0.15, -0.1) is 0 Å². The van der Waals surface area contributed by atoms with Gasteiger partial charge >= 0.3 is 5.97 Å². The van der Waals surface area contributed by atoms with Crippen molar-refractivity contribution >= 4 is 11.7 Å². The van der Waals surface area contributed by atoms with Crippen LogP contribution in [0.4, 0.5) is 0 Å². The summed E-state index contributed by atoms with van der Waals surface area (Å²) in [5, 5.41) is 7.83. The van der Waals surface area contributed by atoms with E-state index < -0.39 is 5.97 Å². The Hall–Kier alpha value is -2.43. The smallest absolute Gasteiger partial charge is 0.338 e. The van der Waals surface area contributed by atoms with Crippen LogP contribution in [0.25, 0.3) is 0 Å². The summed E-state index contributed by atoms with van der Waals surface area (Å²) in [6.07, 6.45) is 0. The van der Waals surface area contributed by atoms with Crippen LogP contribution < -0.4 is 0 Å². The number of nitrogens with one attached hydrogen (secondary N) is 1. The van der Waals surface area contributed by atoms with Crippen LogP contribution in [0, 0.1) is 19.3 Å². The van der Waals surface area contributed by atoms with E-state index in [0.29, 0.717) is 22.9 Å². The monoisotopic (exact) mass is 258 g/mol. The van der Waals surface area contributed by atoms with Crippen LogP contribution in [0.2, 0.25) is 0 Å². The maximum Gasteiger partial charge on any atom is 0.338 e. The van der Waals surface area contributed by atoms with Crippen molar-refractivity contribution in [3.63, 3.8) is 0 Å². The molecular formula is C14H14N2O3. The molecular weight excluding hydrogens is 244 g/mol. The number of aromatic nitrogens is 1. The predicted octanol–water partition coefficient (Wildman–Crippen LogP) is 2.52. The Bertz CT molecular complexity index is 602. The highest BCUT2D eigenvalue weighted by atomic mass is 16.5. The minimum absolute atomic E-state index is 0.0994. The summed E-state index contributed by atoms with van der Waals surface area (Å²) in [6, 6.07) is 8.66. The van der Waals surface area contributed by atoms with Gasteiger partial charge in [-0.1, -0.05) is 18.2 Å². The quantitative estimate of drug-likeness (QED) is 0.675. The normalized spacial score (nSPS) is 10.2. The van der Waals surface area contributed by atoms with E-state index in [1.807, 2.05) is 6.07 Å². The minimum Gasteiger partial charge on any atom is -0.455 e. The molecule has 0 spiro atoms. The van der Waals surface area contributed by atoms with E-state index in [9.17, 15) is 4.79 Å². The average molecular weight is 258 g/mol. The van der Waals surface area contributed by atoms with Gasteiger partial charge in [0.25, 0.3) is 0 Å². The van der Waals surface area contributed by atoms with Gasteiger partial charge in [-0.05, 0) is 19.1 Å². The molecule has 0 amide bonds. The third kappa shape index (κ3) is 3.07. The standard InChI is InChI=1S/C14H14N2O3/c1-9-13(19-10(2)16-9)12(15)8-18-14(17)11-6-4-3-5-7-11/h3-7,15H,8H2,1-2H3. The Kier molecular flexibility index (Phi) is 3.75. The molecule has 5 nitrogen and oxygen atoms in total. The number of carbonyl (C=O) groups is 1. The first-order valence-corrected chi connectivity index (χ1v) is 5.82. The third-order valence-corrected chi connectivity index (χ3v) is 2.53. The topological polar surface area (TPSA) is 76.2 Å². The van der Waals surface area contributed by atoms with Crippen molar-refractivity contribution in [2.45, 2.75) is 13.8 Å². The molecule has 1 aromatic carbocycles. The van der Waals surface area contributed by atoms with Gasteiger partial charge in [0.1, 0.15) is 12.3 Å². The predicted molar refractivity (Wildman–Crippen MR) is 69.5 cm³/mol. The van der Waals surface area contributed by atoms with Crippen molar-refractivity contribution in [1.82, 2.24) is 4.98 Å². The molecule has 0 saturated carbocycles. The number of carbonyl (C=O) groups excluding carboxylic acids is 1. The molecule has 0 fully saturated rings. The van der Waals surface area contributed by atoms with Gasteiger partial charge in [-0.2, -0.15) is 0 Å². The second-order valence-electron chi connectivity index (χ2n) is 4.07. The van der Waals surface area contributed by atoms with E-state index in [1.165, 1.54) is 0 Å². The Labute approximate surface area is 110 Å². The maximum absolute atomic E-state index is 11.7. The van der Waals surface area contributed by atoms with Crippen molar-refractivity contribution in [3.8, 4) is 0 Å². The average Bonchev–Trinajstić information content (AvgIpc) is 2.75. The first-order valence-electron chi connectivity index (χ1n) is 5.82. The maximum atomic E-state index is 11.7. The molecule has 1 aromatic heterocycles. The highest BCUT2D eigenvalue weighted by Gasteiger charge is 2.15. The molecule has 0 saturated heterocycles. The van der Waals surface area contributed by atoms with Gasteiger partial charge in [-0.3, -0.25) is 5.41 Å². The van der Waals surface area contributed by atoms with E-state index in [2.05, 4.69) is 4.98 Å². The van der Waals surface area contributed by atoms with Crippen molar-refractivity contribution in [2.24, 2.45) is 0 Å². The summed E-state index contributed by atoms with van der Waals surface area (Å²) in [4.78, 5) is 15.8. The number of hydrogen-bond acceptors (Lipinski definition) is 5. The van der Waals surface area contributed by atoms with E-state index in [1.54, 1.807) is 38.1 Å². The number of oxazole rings is 1. The second-order valence-corrected chi connectivity index (χ2v) is 4.07. The summed E-state index contributed by atoms with van der Waals surface area (Å²) in [6.45, 7) is 3.32. The largest absolute Gasteiger partial charge is 0.455 e. The molecule has 98 valence electrons. The molecule has 0 aliphatic heterocycles. The third-order valence-electron chi connectivity index (χ3n) is 2.53. The summed E-state index contributed by atoms with van der Waals surface area (Å²) in [5.74, 6) is 0.393. The van der Waals surface area contributed by atoms with Crippen molar-refractivity contribution in [3.05, 3.63) is 53.2 Å². The van der Waals surface area contributed by atoms with Gasteiger partial charge in [0.15, 0.2) is 11.7 Å². The van der Waals surface area contributed by atoms with Gasteiger partial charge in [-0.25, -0.2) is 9.78 Å². The molecule has 5 heteroatoms. The van der Waals surface area contributed by atoms with E-state index in [4.69, 9.17) is 14.6 Å². The zero-order valence-corrected chi connectivity index (χ0v) is 10.8. The molecule has 0 aliphatic rings. The Balaban J connectivity index is 1.98. The first kappa shape index (κ1) is 13.0. The second kappa shape index (κ2) is 5.48. The molecule has 0 radical (unpaired) electrons. The molecule has 2 rings (SSSR count). The molecule has 0 aliphatic carbocycles. The molecule has 0 bridgehead atoms. The zero-order valence-electron chi connectivity index (χ0n) is 10.8. The summed E-state index contributed by atoms with van der Waals surface area (Å²) < 4.78 is 10.3. The Morgan fingerprint density at radius 3 is 2.58 bits per heavy atom. The van der Waals surface area contributed by atoms with Crippen LogP contribution in [0.5, 0.6) is 0 Å². The molecule has 1 N–H and O–H groups in total. The number of esters is 1. The van der Waals surface area contributed by atoms with Crippen molar-refractivity contribution in [2.75, 3.05) is 6.61 Å². The van der Waals surface area contributed by atoms with Crippen LogP contribution in [-0.2, 0) is 4.74 Å². The highest BCUT2D eigenvalue weighted by molar-refractivity contribution is 5.99. The number of hydrogen-bond donors (Lipinski definition) is 1. The molecule has 0 unspecified atom stereocenters. The Morgan fingerprint density at radius 1 is 1.32 bits per heavy atom. The number of rotatable bonds is 4. The number of ether oxygens (including phenoxy) is 1. The van der Waals surface area contributed by atoms with Crippen LogP contribution in [-0.4, -0.2) is 23.3 Å². The SMILES string of the molecule is Cc1nc(C)c(C(=N)COC(=O)c2ccccc2)o1. The van der Waals surface area contributed by atoms with Crippen LogP contribution >= 0.6 is 0 Å². The minimum atomic E-state index is -0.459. The molecule has 1 heterocycles. The Morgan fingerprint density at radius 2 is 2.00 bits per heavy atom. The summed E-state index contributed by atoms with van der Waals surface area (Å²) in [5.41, 5.74) is 1.18. The van der Waals surface area contributed by atoms with Gasteiger partial charge < -0.3 is 9.15 Å². The lowest BCUT2D eigenvalue weighted by Gasteiger charge is -2.04. The number of benzene rings is 1.